The molecule has 8 nitrogen and oxygen atoms in total. The fourth-order valence-electron chi connectivity index (χ4n) is 1.20. The van der Waals surface area contributed by atoms with E-state index in [1.807, 2.05) is 69.2 Å². The lowest BCUT2D eigenvalue weighted by Crippen LogP contribution is -2.33. The van der Waals surface area contributed by atoms with Crippen LogP contribution in [0.2, 0.25) is 0 Å². The minimum absolute atomic E-state index is 0.130. The van der Waals surface area contributed by atoms with Gasteiger partial charge in [-0.25, -0.2) is 8.42 Å². The van der Waals surface area contributed by atoms with Gasteiger partial charge in [0.15, 0.2) is 9.84 Å². The minimum Gasteiger partial charge on any atom is -0.481 e. The topological polar surface area (TPSA) is 126 Å². The number of Topliss-reactive ketones (excluding diaryl/α,β-unsaturated/α-hetero) is 2. The Kier molecular flexibility index (Phi) is 21.5. The lowest BCUT2D eigenvalue weighted by Gasteiger charge is -2.21. The Bertz CT molecular complexity index is 827. The Morgan fingerprint density at radius 1 is 0.641 bits per heavy atom. The first-order valence-corrected chi connectivity index (χ1v) is 15.1. The predicted octanol–water partition coefficient (Wildman–Crippen LogP) is 6.70. The zero-order chi connectivity index (χ0) is 33.6. The molecule has 0 radical (unpaired) electrons. The van der Waals surface area contributed by atoms with Crippen LogP contribution in [0.25, 0.3) is 0 Å². The molecule has 0 aliphatic carbocycles. The van der Waals surface area contributed by atoms with E-state index in [1.54, 1.807) is 67.5 Å². The molecule has 0 aromatic carbocycles. The molecule has 0 unspecified atom stereocenters. The van der Waals surface area contributed by atoms with Crippen LogP contribution in [0.4, 0.5) is 0 Å². The van der Waals surface area contributed by atoms with Crippen LogP contribution in [0.1, 0.15) is 124 Å². The van der Waals surface area contributed by atoms with E-state index in [0.717, 1.165) is 0 Å². The number of carboxylic acids is 1. The molecular formula is C30H63NO7S. The van der Waals surface area contributed by atoms with E-state index in [-0.39, 0.29) is 27.9 Å². The monoisotopic (exact) mass is 581 g/mol. The second kappa shape index (κ2) is 17.8. The molecule has 0 saturated carbocycles. The summed E-state index contributed by atoms with van der Waals surface area (Å²) in [6.07, 6.45) is 1.90. The number of sulfone groups is 1. The quantitative estimate of drug-likeness (QED) is 0.365. The van der Waals surface area contributed by atoms with Gasteiger partial charge in [0, 0.05) is 43.0 Å². The van der Waals surface area contributed by atoms with E-state index in [4.69, 9.17) is 5.11 Å². The molecule has 0 aromatic heterocycles. The van der Waals surface area contributed by atoms with Gasteiger partial charge in [-0.1, -0.05) is 69.2 Å². The van der Waals surface area contributed by atoms with Gasteiger partial charge in [-0.2, -0.15) is 0 Å². The van der Waals surface area contributed by atoms with Gasteiger partial charge in [0.1, 0.15) is 11.6 Å². The zero-order valence-corrected chi connectivity index (χ0v) is 29.8. The maximum atomic E-state index is 11.1. The van der Waals surface area contributed by atoms with Crippen molar-refractivity contribution >= 4 is 33.3 Å². The molecule has 39 heavy (non-hydrogen) atoms. The Morgan fingerprint density at radius 3 is 0.872 bits per heavy atom. The smallest absolute Gasteiger partial charge is 0.308 e. The van der Waals surface area contributed by atoms with Gasteiger partial charge in [-0.3, -0.25) is 19.2 Å². The van der Waals surface area contributed by atoms with Gasteiger partial charge in [0.2, 0.25) is 5.91 Å². The van der Waals surface area contributed by atoms with Crippen LogP contribution in [0.3, 0.4) is 0 Å². The summed E-state index contributed by atoms with van der Waals surface area (Å²) in [4.78, 5) is 44.0. The fraction of sp³-hybridized carbons (Fsp3) is 0.867. The van der Waals surface area contributed by atoms with Crippen LogP contribution in [-0.2, 0) is 29.0 Å². The molecule has 0 saturated heterocycles. The number of hydrogen-bond donors (Lipinski definition) is 1. The van der Waals surface area contributed by atoms with Crippen molar-refractivity contribution in [1.29, 1.82) is 0 Å². The predicted molar refractivity (Wildman–Crippen MR) is 165 cm³/mol. The van der Waals surface area contributed by atoms with E-state index in [1.165, 1.54) is 6.26 Å². The van der Waals surface area contributed by atoms with E-state index in [0.29, 0.717) is 12.2 Å². The SMILES string of the molecule is CC(=O)C(C)(C)C.CC(C)(C)C(=O)O.CC(C)(C)S(C)(=O)=O.CCC(=O)C(C)(C)C.CN(C)C(=O)C(C)(C)C. The maximum absolute atomic E-state index is 11.1. The van der Waals surface area contributed by atoms with Gasteiger partial charge in [0.25, 0.3) is 0 Å². The van der Waals surface area contributed by atoms with Crippen LogP contribution >= 0.6 is 0 Å². The molecular weight excluding hydrogens is 518 g/mol. The van der Waals surface area contributed by atoms with Crippen molar-refractivity contribution in [2.24, 2.45) is 21.7 Å². The van der Waals surface area contributed by atoms with Crippen molar-refractivity contribution in [2.45, 2.75) is 129 Å². The molecule has 0 atom stereocenters. The van der Waals surface area contributed by atoms with Crippen LogP contribution < -0.4 is 0 Å². The van der Waals surface area contributed by atoms with E-state index in [9.17, 15) is 27.6 Å². The van der Waals surface area contributed by atoms with E-state index < -0.39 is 26.0 Å². The summed E-state index contributed by atoms with van der Waals surface area (Å²) in [5.74, 6) is -0.0139. The average Bonchev–Trinajstić information content (AvgIpc) is 2.64. The molecule has 0 aliphatic heterocycles. The second-order valence-electron chi connectivity index (χ2n) is 14.7. The summed E-state index contributed by atoms with van der Waals surface area (Å²) in [5.41, 5.74) is -1.09. The Hall–Kier alpha value is -1.77. The van der Waals surface area contributed by atoms with Gasteiger partial charge in [0.05, 0.1) is 10.2 Å². The first-order chi connectivity index (χ1) is 16.5. The van der Waals surface area contributed by atoms with Crippen molar-refractivity contribution in [3.63, 3.8) is 0 Å². The number of nitrogens with zero attached hydrogens (tertiary/aromatic N) is 1. The number of hydrogen-bond acceptors (Lipinski definition) is 6. The molecule has 0 bridgehead atoms. The number of aliphatic carboxylic acids is 1. The first-order valence-electron chi connectivity index (χ1n) is 13.2. The van der Waals surface area contributed by atoms with Crippen molar-refractivity contribution in [1.82, 2.24) is 4.90 Å². The van der Waals surface area contributed by atoms with E-state index >= 15 is 0 Å². The highest BCUT2D eigenvalue weighted by atomic mass is 32.2. The van der Waals surface area contributed by atoms with Gasteiger partial charge >= 0.3 is 5.97 Å². The standard InChI is InChI=1S/C7H15NO.C7H14O.C6H12O.C5H12O2S.C5H10O2/c1-7(2,3)6(9)8(4)5;1-5-6(8)7(2,3)4;1-5(7)6(2,3)4;1-5(2,3)8(4,6)7;1-5(2,3)4(6)7/h1-5H3;5H2,1-4H3;1-4H3;1-4H3;1-3H3,(H,6,7). The van der Waals surface area contributed by atoms with Crippen molar-refractivity contribution in [3.8, 4) is 0 Å². The molecule has 1 amide bonds. The lowest BCUT2D eigenvalue weighted by molar-refractivity contribution is -0.145. The van der Waals surface area contributed by atoms with Gasteiger partial charge in [-0.15, -0.1) is 0 Å². The molecule has 0 aromatic rings. The number of rotatable bonds is 1. The third kappa shape index (κ3) is 30.6. The first kappa shape index (κ1) is 47.0. The minimum atomic E-state index is -2.84. The molecule has 0 aliphatic rings. The Balaban J connectivity index is -0.000000124. The average molecular weight is 582 g/mol. The van der Waals surface area contributed by atoms with Gasteiger partial charge < -0.3 is 10.0 Å². The van der Waals surface area contributed by atoms with Crippen molar-refractivity contribution in [2.75, 3.05) is 20.4 Å². The number of carbonyl (C=O) groups excluding carboxylic acids is 3. The van der Waals surface area contributed by atoms with Crippen LogP contribution in [0.15, 0.2) is 0 Å². The fourth-order valence-corrected chi connectivity index (χ4v) is 1.20. The number of carbonyl (C=O) groups is 4. The summed E-state index contributed by atoms with van der Waals surface area (Å²) in [6, 6.07) is 0. The molecule has 0 rings (SSSR count). The zero-order valence-electron chi connectivity index (χ0n) is 29.0. The maximum Gasteiger partial charge on any atom is 0.308 e. The normalized spacial score (nSPS) is 11.9. The highest BCUT2D eigenvalue weighted by Crippen LogP contribution is 2.16. The van der Waals surface area contributed by atoms with Crippen LogP contribution in [0.5, 0.6) is 0 Å². The lowest BCUT2D eigenvalue weighted by atomic mass is 9.90. The number of amides is 1. The molecule has 0 fully saturated rings. The van der Waals surface area contributed by atoms with Crippen LogP contribution in [0, 0.1) is 21.7 Å². The summed E-state index contributed by atoms with van der Waals surface area (Å²) < 4.78 is 20.7. The summed E-state index contributed by atoms with van der Waals surface area (Å²) in [5, 5.41) is 8.25. The Labute approximate surface area is 241 Å². The highest BCUT2D eigenvalue weighted by molar-refractivity contribution is 7.92. The van der Waals surface area contributed by atoms with Crippen LogP contribution in [-0.4, -0.2) is 67.0 Å². The number of ketones is 2. The largest absolute Gasteiger partial charge is 0.481 e. The molecule has 236 valence electrons. The van der Waals surface area contributed by atoms with Crippen molar-refractivity contribution < 1.29 is 32.7 Å². The molecule has 0 heterocycles. The summed E-state index contributed by atoms with van der Waals surface area (Å²) in [7, 11) is 0.703. The molecule has 0 spiro atoms. The molecule has 1 N–H and O–H groups in total. The summed E-state index contributed by atoms with van der Waals surface area (Å²) in [6.45, 7) is 30.8. The summed E-state index contributed by atoms with van der Waals surface area (Å²) >= 11 is 0. The Morgan fingerprint density at radius 2 is 0.872 bits per heavy atom. The number of carboxylic acid groups (broad SMARTS) is 1. The van der Waals surface area contributed by atoms with E-state index in [2.05, 4.69) is 0 Å². The third-order valence-electron chi connectivity index (χ3n) is 5.02. The third-order valence-corrected chi connectivity index (χ3v) is 7.24. The molecule has 9 heteroatoms. The highest BCUT2D eigenvalue weighted by Gasteiger charge is 2.23. The van der Waals surface area contributed by atoms with Crippen molar-refractivity contribution in [3.05, 3.63) is 0 Å². The second-order valence-corrected chi connectivity index (χ2v) is 17.5. The van der Waals surface area contributed by atoms with Gasteiger partial charge in [-0.05, 0) is 48.5 Å².